The molecule has 0 aliphatic rings. The Morgan fingerprint density at radius 2 is 1.04 bits per heavy atom. The summed E-state index contributed by atoms with van der Waals surface area (Å²) in [5, 5.41) is 3.26. The van der Waals surface area contributed by atoms with E-state index in [1.54, 1.807) is 0 Å². The molecule has 1 N–H and O–H groups in total. The Bertz CT molecular complexity index is 272. The predicted molar refractivity (Wildman–Crippen MR) is 97.8 cm³/mol. The molecule has 0 radical (unpaired) electrons. The van der Waals surface area contributed by atoms with Crippen molar-refractivity contribution in [3.8, 4) is 0 Å². The maximum absolute atomic E-state index is 11.0. The van der Waals surface area contributed by atoms with Crippen LogP contribution in [0.2, 0.25) is 0 Å². The molecule has 3 nitrogen and oxygen atoms in total. The van der Waals surface area contributed by atoms with Crippen molar-refractivity contribution in [1.29, 1.82) is 0 Å². The highest BCUT2D eigenvalue weighted by molar-refractivity contribution is 6.30. The van der Waals surface area contributed by atoms with E-state index in [-0.39, 0.29) is 0 Å². The Balaban J connectivity index is 0. The van der Waals surface area contributed by atoms with Gasteiger partial charge in [0.25, 0.3) is 0 Å². The lowest BCUT2D eigenvalue weighted by Gasteiger charge is -2.39. The Kier molecular flexibility index (Phi) is 16.0. The zero-order valence-electron chi connectivity index (χ0n) is 15.9. The van der Waals surface area contributed by atoms with Crippen LogP contribution in [0.5, 0.6) is 0 Å². The summed E-state index contributed by atoms with van der Waals surface area (Å²) >= 11 is 3.94. The fraction of sp³-hybridized carbons (Fsp3) is 0.944. The summed E-state index contributed by atoms with van der Waals surface area (Å²) in [5.41, 5.74) is 0. The maximum Gasteiger partial charge on any atom is 0.417 e. The number of carboxylic acid groups (broad SMARTS) is 1. The molecule has 0 saturated carbocycles. The number of quaternary nitrogens is 1. The van der Waals surface area contributed by atoms with Crippen LogP contribution in [0.25, 0.3) is 0 Å². The van der Waals surface area contributed by atoms with Gasteiger partial charge in [0, 0.05) is 0 Å². The van der Waals surface area contributed by atoms with Crippen LogP contribution in [0.3, 0.4) is 0 Å². The molecule has 0 heterocycles. The minimum absolute atomic E-state index is 1.35. The predicted octanol–water partition coefficient (Wildman–Crippen LogP) is 5.91. The van der Waals surface area contributed by atoms with E-state index in [2.05, 4.69) is 39.3 Å². The maximum atomic E-state index is 11.0. The van der Waals surface area contributed by atoms with E-state index in [4.69, 9.17) is 9.90 Å². The average molecular weight is 373 g/mol. The van der Waals surface area contributed by atoms with Gasteiger partial charge in [-0.15, -0.1) is 0 Å². The molecule has 146 valence electrons. The van der Waals surface area contributed by atoms with Crippen LogP contribution in [0, 0.1) is 0 Å². The van der Waals surface area contributed by atoms with Gasteiger partial charge >= 0.3 is 11.4 Å². The van der Waals surface area contributed by atoms with Crippen molar-refractivity contribution in [3.05, 3.63) is 0 Å². The summed E-state index contributed by atoms with van der Waals surface area (Å²) in [5.74, 6) is -2.32. The molecule has 0 aromatic carbocycles. The molecule has 0 aliphatic heterocycles. The van der Waals surface area contributed by atoms with Gasteiger partial charge in [-0.3, -0.25) is 0 Å². The van der Waals surface area contributed by atoms with Crippen molar-refractivity contribution in [2.75, 3.05) is 26.2 Å². The molecule has 0 unspecified atom stereocenters. The van der Waals surface area contributed by atoms with Gasteiger partial charge in [0.15, 0.2) is 0 Å². The van der Waals surface area contributed by atoms with E-state index in [0.717, 1.165) is 0 Å². The first-order valence-corrected chi connectivity index (χ1v) is 9.72. The summed E-state index contributed by atoms with van der Waals surface area (Å²) in [6.07, 6.45) is 11.1. The van der Waals surface area contributed by atoms with Gasteiger partial charge in [-0.05, 0) is 37.3 Å². The number of alkyl halides is 3. The topological polar surface area (TPSA) is 37.3 Å². The van der Waals surface area contributed by atoms with Crippen molar-refractivity contribution in [2.45, 2.75) is 84.4 Å². The van der Waals surface area contributed by atoms with Crippen molar-refractivity contribution < 1.29 is 23.2 Å². The average Bonchev–Trinajstić information content (AvgIpc) is 2.53. The molecule has 0 fully saturated rings. The van der Waals surface area contributed by atoms with Gasteiger partial charge in [0.1, 0.15) is 0 Å². The first-order chi connectivity index (χ1) is 11.2. The molecule has 6 heteroatoms. The number of carboxylic acids is 1. The van der Waals surface area contributed by atoms with Crippen molar-refractivity contribution in [1.82, 2.24) is 0 Å². The lowest BCUT2D eigenvalue weighted by Crippen LogP contribution is -2.50. The smallest absolute Gasteiger partial charge is 0.417 e. The fourth-order valence-electron chi connectivity index (χ4n) is 2.64. The standard InChI is InChI=1S/C16H36N.C2HClF2O2/c1-5-9-13-17(14-10-6-2,15-11-7-3)16-12-8-4;3-2(4,5)1(6)7/h5-16H2,1-4H3;(H,6,7)/q+1;. The molecule has 0 aromatic heterocycles. The van der Waals surface area contributed by atoms with Crippen LogP contribution in [-0.2, 0) is 4.79 Å². The fourth-order valence-corrected chi connectivity index (χ4v) is 2.64. The molecule has 0 bridgehead atoms. The summed E-state index contributed by atoms with van der Waals surface area (Å²) in [7, 11) is 0. The second-order valence-corrected chi connectivity index (χ2v) is 6.93. The molecular formula is C18H37ClF2NO2+. The van der Waals surface area contributed by atoms with Gasteiger partial charge in [-0.25, -0.2) is 4.79 Å². The van der Waals surface area contributed by atoms with E-state index in [1.807, 2.05) is 0 Å². The Hall–Kier alpha value is -0.420. The highest BCUT2D eigenvalue weighted by Crippen LogP contribution is 2.17. The molecule has 0 saturated heterocycles. The zero-order valence-corrected chi connectivity index (χ0v) is 16.7. The molecule has 24 heavy (non-hydrogen) atoms. The van der Waals surface area contributed by atoms with Gasteiger partial charge in [0.2, 0.25) is 0 Å². The SMILES string of the molecule is CCCC[N+](CCCC)(CCCC)CCCC.O=C(O)C(F)(F)Cl. The second-order valence-electron chi connectivity index (χ2n) is 6.45. The number of hydrogen-bond donors (Lipinski definition) is 1. The van der Waals surface area contributed by atoms with Crippen molar-refractivity contribution in [2.24, 2.45) is 0 Å². The summed E-state index contributed by atoms with van der Waals surface area (Å²) in [6, 6.07) is 0. The van der Waals surface area contributed by atoms with Crippen LogP contribution < -0.4 is 0 Å². The van der Waals surface area contributed by atoms with Gasteiger partial charge in [0.05, 0.1) is 26.2 Å². The summed E-state index contributed by atoms with van der Waals surface area (Å²) in [4.78, 5) is 9.14. The Morgan fingerprint density at radius 1 is 0.833 bits per heavy atom. The molecular weight excluding hydrogens is 336 g/mol. The van der Waals surface area contributed by atoms with Gasteiger partial charge in [-0.2, -0.15) is 8.78 Å². The molecule has 0 atom stereocenters. The third kappa shape index (κ3) is 14.0. The highest BCUT2D eigenvalue weighted by atomic mass is 35.5. The minimum atomic E-state index is -4.11. The van der Waals surface area contributed by atoms with E-state index < -0.39 is 11.4 Å². The number of nitrogens with zero attached hydrogens (tertiary/aromatic N) is 1. The third-order valence-electron chi connectivity index (χ3n) is 4.19. The van der Waals surface area contributed by atoms with Crippen LogP contribution in [0.4, 0.5) is 8.78 Å². The highest BCUT2D eigenvalue weighted by Gasteiger charge is 2.35. The molecule has 0 amide bonds. The van der Waals surface area contributed by atoms with Crippen LogP contribution >= 0.6 is 11.6 Å². The minimum Gasteiger partial charge on any atom is -0.476 e. The third-order valence-corrected chi connectivity index (χ3v) is 4.35. The van der Waals surface area contributed by atoms with Crippen LogP contribution in [0.1, 0.15) is 79.1 Å². The van der Waals surface area contributed by atoms with Gasteiger partial charge < -0.3 is 9.59 Å². The quantitative estimate of drug-likeness (QED) is 0.322. The van der Waals surface area contributed by atoms with Crippen LogP contribution in [0.15, 0.2) is 0 Å². The summed E-state index contributed by atoms with van der Waals surface area (Å²) in [6.45, 7) is 15.0. The number of rotatable bonds is 13. The van der Waals surface area contributed by atoms with Crippen LogP contribution in [-0.4, -0.2) is 47.1 Å². The first kappa shape index (κ1) is 25.8. The normalized spacial score (nSPS) is 11.8. The molecule has 0 spiro atoms. The first-order valence-electron chi connectivity index (χ1n) is 9.34. The number of carbonyl (C=O) groups is 1. The largest absolute Gasteiger partial charge is 0.476 e. The Morgan fingerprint density at radius 3 is 1.17 bits per heavy atom. The van der Waals surface area contributed by atoms with Crippen molar-refractivity contribution >= 4 is 17.6 Å². The monoisotopic (exact) mass is 372 g/mol. The molecule has 0 rings (SSSR count). The van der Waals surface area contributed by atoms with Gasteiger partial charge in [-0.1, -0.05) is 53.4 Å². The Labute approximate surface area is 152 Å². The zero-order chi connectivity index (χ0) is 19.1. The number of hydrogen-bond acceptors (Lipinski definition) is 1. The lowest BCUT2D eigenvalue weighted by atomic mass is 10.1. The van der Waals surface area contributed by atoms with E-state index in [0.29, 0.717) is 0 Å². The lowest BCUT2D eigenvalue weighted by molar-refractivity contribution is -0.929. The number of aliphatic carboxylic acids is 1. The van der Waals surface area contributed by atoms with Crippen molar-refractivity contribution in [3.63, 3.8) is 0 Å². The van der Waals surface area contributed by atoms with E-state index in [1.165, 1.54) is 82.0 Å². The number of unbranched alkanes of at least 4 members (excludes halogenated alkanes) is 4. The molecule has 0 aliphatic carbocycles. The number of halogens is 3. The summed E-state index contributed by atoms with van der Waals surface area (Å²) < 4.78 is 23.4. The van der Waals surface area contributed by atoms with E-state index >= 15 is 0 Å². The van der Waals surface area contributed by atoms with E-state index in [9.17, 15) is 8.78 Å². The molecule has 0 aromatic rings. The second kappa shape index (κ2) is 14.9.